The number of hydrogen-bond donors (Lipinski definition) is 4. The van der Waals surface area contributed by atoms with Gasteiger partial charge in [-0.25, -0.2) is 10.8 Å². The van der Waals surface area contributed by atoms with Gasteiger partial charge in [-0.3, -0.25) is 15.0 Å². The third-order valence-corrected chi connectivity index (χ3v) is 4.21. The number of carbonyl (C=O) groups excluding carboxylic acids is 1. The lowest BCUT2D eigenvalue weighted by molar-refractivity contribution is 0.0953. The molecule has 0 fully saturated rings. The number of H-pyrrole nitrogens is 1. The van der Waals surface area contributed by atoms with Gasteiger partial charge in [0.1, 0.15) is 5.82 Å². The molecule has 9 heteroatoms. The quantitative estimate of drug-likeness (QED) is 0.209. The van der Waals surface area contributed by atoms with Crippen molar-refractivity contribution in [3.8, 4) is 0 Å². The molecule has 1 aromatic carbocycles. The van der Waals surface area contributed by atoms with Crippen LogP contribution in [-0.2, 0) is 5.75 Å². The minimum absolute atomic E-state index is 0.176. The molecule has 1 amide bonds. The second-order valence-electron chi connectivity index (χ2n) is 4.04. The van der Waals surface area contributed by atoms with E-state index in [0.717, 1.165) is 10.0 Å². The zero-order valence-electron chi connectivity index (χ0n) is 10.7. The second-order valence-corrected chi connectivity index (χ2v) is 5.86. The van der Waals surface area contributed by atoms with Crippen LogP contribution in [0.2, 0.25) is 0 Å². The third-order valence-electron chi connectivity index (χ3n) is 2.55. The van der Waals surface area contributed by atoms with E-state index in [2.05, 4.69) is 31.3 Å². The lowest BCUT2D eigenvalue weighted by Gasteiger charge is -2.06. The Labute approximate surface area is 132 Å². The van der Waals surface area contributed by atoms with E-state index >= 15 is 0 Å². The fourth-order valence-corrected chi connectivity index (χ4v) is 3.15. The summed E-state index contributed by atoms with van der Waals surface area (Å²) in [6, 6.07) is 6.36. The van der Waals surface area contributed by atoms with Crippen molar-refractivity contribution >= 4 is 39.4 Å². The predicted octanol–water partition coefficient (Wildman–Crippen LogP) is 1.01. The van der Waals surface area contributed by atoms with E-state index in [1.807, 2.05) is 0 Å². The Morgan fingerprint density at radius 1 is 1.43 bits per heavy atom. The molecule has 6 N–H and O–H groups in total. The van der Waals surface area contributed by atoms with Gasteiger partial charge < -0.3 is 10.7 Å². The highest BCUT2D eigenvalue weighted by Gasteiger charge is 2.08. The van der Waals surface area contributed by atoms with Gasteiger partial charge in [0.05, 0.1) is 0 Å². The van der Waals surface area contributed by atoms with Gasteiger partial charge in [0.15, 0.2) is 5.16 Å². The first-order valence-corrected chi connectivity index (χ1v) is 7.56. The number of thioether (sulfide) groups is 1. The maximum Gasteiger partial charge on any atom is 0.265 e. The van der Waals surface area contributed by atoms with Crippen LogP contribution in [0.3, 0.4) is 0 Å². The standard InChI is InChI=1S/C12H12BrN5O2S/c13-8-3-6(11(20)18-15)1-2-7(8)5-21-12-16-9(14)4-10(19)17-12/h1-4H,5,15H2,(H,18,20)(H3,14,16,17,19). The van der Waals surface area contributed by atoms with Crippen LogP contribution >= 0.6 is 27.7 Å². The molecule has 110 valence electrons. The van der Waals surface area contributed by atoms with Gasteiger partial charge >= 0.3 is 0 Å². The Kier molecular flexibility index (Phi) is 4.99. The van der Waals surface area contributed by atoms with Gasteiger partial charge in [0.25, 0.3) is 11.5 Å². The SMILES string of the molecule is NNC(=O)c1ccc(CSc2nc(N)cc(=O)[nH]2)c(Br)c1. The maximum absolute atomic E-state index is 11.4. The number of halogens is 1. The van der Waals surface area contributed by atoms with E-state index in [0.29, 0.717) is 16.5 Å². The van der Waals surface area contributed by atoms with Gasteiger partial charge in [-0.2, -0.15) is 0 Å². The number of aromatic nitrogens is 2. The summed E-state index contributed by atoms with van der Waals surface area (Å²) in [4.78, 5) is 29.3. The number of carbonyl (C=O) groups is 1. The van der Waals surface area contributed by atoms with Gasteiger partial charge in [0, 0.05) is 21.9 Å². The molecule has 21 heavy (non-hydrogen) atoms. The second kappa shape index (κ2) is 6.74. The summed E-state index contributed by atoms with van der Waals surface area (Å²) in [6.45, 7) is 0. The van der Waals surface area contributed by atoms with Crippen LogP contribution in [-0.4, -0.2) is 15.9 Å². The Hall–Kier alpha value is -1.84. The first-order chi connectivity index (χ1) is 9.99. The lowest BCUT2D eigenvalue weighted by atomic mass is 10.1. The number of aromatic amines is 1. The van der Waals surface area contributed by atoms with Crippen LogP contribution in [0, 0.1) is 0 Å². The number of nitrogens with zero attached hydrogens (tertiary/aromatic N) is 1. The molecule has 0 atom stereocenters. The van der Waals surface area contributed by atoms with Crippen LogP contribution in [0.4, 0.5) is 5.82 Å². The molecule has 0 spiro atoms. The van der Waals surface area contributed by atoms with E-state index in [1.165, 1.54) is 17.8 Å². The lowest BCUT2D eigenvalue weighted by Crippen LogP contribution is -2.29. The van der Waals surface area contributed by atoms with E-state index in [9.17, 15) is 9.59 Å². The van der Waals surface area contributed by atoms with Gasteiger partial charge in [-0.15, -0.1) is 0 Å². The number of hydrogen-bond acceptors (Lipinski definition) is 6. The van der Waals surface area contributed by atoms with Crippen molar-refractivity contribution in [2.45, 2.75) is 10.9 Å². The van der Waals surface area contributed by atoms with Crippen molar-refractivity contribution < 1.29 is 4.79 Å². The Morgan fingerprint density at radius 3 is 2.81 bits per heavy atom. The Balaban J connectivity index is 2.13. The molecule has 0 saturated carbocycles. The number of rotatable bonds is 4. The molecule has 2 aromatic rings. The summed E-state index contributed by atoms with van der Waals surface area (Å²) in [7, 11) is 0. The Bertz CT molecular complexity index is 734. The van der Waals surface area contributed by atoms with Crippen LogP contribution in [0.5, 0.6) is 0 Å². The Morgan fingerprint density at radius 2 is 2.19 bits per heavy atom. The zero-order chi connectivity index (χ0) is 15.4. The molecule has 0 bridgehead atoms. The fourth-order valence-electron chi connectivity index (χ4n) is 1.56. The normalized spacial score (nSPS) is 10.4. The first kappa shape index (κ1) is 15.5. The van der Waals surface area contributed by atoms with E-state index in [-0.39, 0.29) is 17.3 Å². The third kappa shape index (κ3) is 4.06. The average molecular weight is 370 g/mol. The van der Waals surface area contributed by atoms with Crippen molar-refractivity contribution in [3.05, 3.63) is 50.2 Å². The van der Waals surface area contributed by atoms with Crippen molar-refractivity contribution in [3.63, 3.8) is 0 Å². The summed E-state index contributed by atoms with van der Waals surface area (Å²) < 4.78 is 0.766. The maximum atomic E-state index is 11.4. The molecule has 0 aliphatic rings. The van der Waals surface area contributed by atoms with Crippen molar-refractivity contribution in [2.24, 2.45) is 5.84 Å². The first-order valence-electron chi connectivity index (χ1n) is 5.78. The molecule has 0 unspecified atom stereocenters. The van der Waals surface area contributed by atoms with Crippen molar-refractivity contribution in [1.82, 2.24) is 15.4 Å². The highest BCUT2D eigenvalue weighted by Crippen LogP contribution is 2.25. The molecule has 0 aliphatic carbocycles. The number of amides is 1. The molecule has 1 heterocycles. The van der Waals surface area contributed by atoms with Crippen LogP contribution in [0.15, 0.2) is 38.7 Å². The minimum Gasteiger partial charge on any atom is -0.383 e. The number of hydrazine groups is 1. The summed E-state index contributed by atoms with van der Waals surface area (Å²) in [5.74, 6) is 5.45. The van der Waals surface area contributed by atoms with Crippen LogP contribution in [0.1, 0.15) is 15.9 Å². The molecule has 0 radical (unpaired) electrons. The molecular weight excluding hydrogens is 358 g/mol. The van der Waals surface area contributed by atoms with Crippen molar-refractivity contribution in [1.29, 1.82) is 0 Å². The summed E-state index contributed by atoms with van der Waals surface area (Å²) in [5, 5.41) is 0.440. The topological polar surface area (TPSA) is 127 Å². The number of nitrogens with one attached hydrogen (secondary N) is 2. The summed E-state index contributed by atoms with van der Waals surface area (Å²) in [5.41, 5.74) is 8.69. The molecule has 1 aromatic heterocycles. The van der Waals surface area contributed by atoms with Crippen LogP contribution < -0.4 is 22.6 Å². The molecular formula is C12H12BrN5O2S. The minimum atomic E-state index is -0.364. The number of anilines is 1. The number of nitrogens with two attached hydrogens (primary N) is 2. The number of benzene rings is 1. The highest BCUT2D eigenvalue weighted by atomic mass is 79.9. The van der Waals surface area contributed by atoms with Gasteiger partial charge in [-0.1, -0.05) is 33.8 Å². The molecule has 2 rings (SSSR count). The number of nitrogen functional groups attached to an aromatic ring is 2. The highest BCUT2D eigenvalue weighted by molar-refractivity contribution is 9.10. The van der Waals surface area contributed by atoms with E-state index in [1.54, 1.807) is 18.2 Å². The molecule has 7 nitrogen and oxygen atoms in total. The zero-order valence-corrected chi connectivity index (χ0v) is 13.1. The van der Waals surface area contributed by atoms with E-state index in [4.69, 9.17) is 11.6 Å². The average Bonchev–Trinajstić information content (AvgIpc) is 2.44. The largest absolute Gasteiger partial charge is 0.383 e. The van der Waals surface area contributed by atoms with Gasteiger partial charge in [0.2, 0.25) is 0 Å². The fraction of sp³-hybridized carbons (Fsp3) is 0.0833. The molecule has 0 aliphatic heterocycles. The van der Waals surface area contributed by atoms with Crippen LogP contribution in [0.25, 0.3) is 0 Å². The predicted molar refractivity (Wildman–Crippen MR) is 84.6 cm³/mol. The summed E-state index contributed by atoms with van der Waals surface area (Å²) in [6.07, 6.45) is 0. The molecule has 0 saturated heterocycles. The monoisotopic (exact) mass is 369 g/mol. The van der Waals surface area contributed by atoms with Gasteiger partial charge in [-0.05, 0) is 17.7 Å². The van der Waals surface area contributed by atoms with E-state index < -0.39 is 0 Å². The summed E-state index contributed by atoms with van der Waals surface area (Å²) >= 11 is 4.73. The smallest absolute Gasteiger partial charge is 0.265 e. The van der Waals surface area contributed by atoms with Crippen molar-refractivity contribution in [2.75, 3.05) is 5.73 Å².